The zero-order valence-electron chi connectivity index (χ0n) is 12.6. The van der Waals surface area contributed by atoms with Crippen LogP contribution in [0.15, 0.2) is 59.4 Å². The van der Waals surface area contributed by atoms with Gasteiger partial charge in [-0.2, -0.15) is 0 Å². The fraction of sp³-hybridized carbons (Fsp3) is 0.118. The van der Waals surface area contributed by atoms with E-state index in [2.05, 4.69) is 10.1 Å². The summed E-state index contributed by atoms with van der Waals surface area (Å²) in [5.74, 6) is 0.567. The number of hydrogen-bond acceptors (Lipinski definition) is 6. The zero-order valence-corrected chi connectivity index (χ0v) is 12.6. The first-order chi connectivity index (χ1) is 11.6. The van der Waals surface area contributed by atoms with Crippen molar-refractivity contribution in [2.24, 2.45) is 0 Å². The Labute approximate surface area is 137 Å². The number of carbonyl (C=O) groups is 1. The van der Waals surface area contributed by atoms with Crippen LogP contribution in [0.3, 0.4) is 0 Å². The average Bonchev–Trinajstić information content (AvgIpc) is 3.09. The third-order valence-corrected chi connectivity index (χ3v) is 3.51. The molecule has 120 valence electrons. The van der Waals surface area contributed by atoms with Crippen molar-refractivity contribution in [3.8, 4) is 11.3 Å². The Kier molecular flexibility index (Phi) is 4.42. The van der Waals surface area contributed by atoms with E-state index in [1.807, 2.05) is 0 Å². The molecule has 0 spiro atoms. The molecule has 2 aromatic heterocycles. The second-order valence-corrected chi connectivity index (χ2v) is 5.15. The quantitative estimate of drug-likeness (QED) is 0.391. The molecule has 0 radical (unpaired) electrons. The van der Waals surface area contributed by atoms with Crippen LogP contribution in [-0.2, 0) is 6.42 Å². The monoisotopic (exact) mass is 323 g/mol. The summed E-state index contributed by atoms with van der Waals surface area (Å²) in [6.45, 7) is 0. The van der Waals surface area contributed by atoms with Gasteiger partial charge in [-0.3, -0.25) is 19.9 Å². The molecule has 7 nitrogen and oxygen atoms in total. The Morgan fingerprint density at radius 1 is 1.21 bits per heavy atom. The van der Waals surface area contributed by atoms with E-state index >= 15 is 0 Å². The van der Waals surface area contributed by atoms with Gasteiger partial charge in [0.1, 0.15) is 11.5 Å². The minimum atomic E-state index is -0.456. The van der Waals surface area contributed by atoms with Crippen molar-refractivity contribution in [1.29, 1.82) is 0 Å². The summed E-state index contributed by atoms with van der Waals surface area (Å²) >= 11 is 0. The van der Waals surface area contributed by atoms with E-state index in [-0.39, 0.29) is 11.5 Å². The van der Waals surface area contributed by atoms with Gasteiger partial charge in [0.25, 0.3) is 5.69 Å². The summed E-state index contributed by atoms with van der Waals surface area (Å²) in [4.78, 5) is 26.1. The predicted octanol–water partition coefficient (Wildman–Crippen LogP) is 3.46. The summed E-state index contributed by atoms with van der Waals surface area (Å²) in [5.41, 5.74) is 1.88. The minimum Gasteiger partial charge on any atom is -0.361 e. The number of non-ortho nitro benzene ring substituents is 1. The average molecular weight is 323 g/mol. The Morgan fingerprint density at radius 3 is 2.67 bits per heavy atom. The molecule has 3 aromatic rings. The summed E-state index contributed by atoms with van der Waals surface area (Å²) in [6.07, 6.45) is 3.86. The maximum atomic E-state index is 12.0. The number of nitrogens with zero attached hydrogens (tertiary/aromatic N) is 3. The molecule has 0 amide bonds. The van der Waals surface area contributed by atoms with Gasteiger partial charge in [0, 0.05) is 54.6 Å². The first-order valence-corrected chi connectivity index (χ1v) is 7.27. The first-order valence-electron chi connectivity index (χ1n) is 7.27. The number of Topliss-reactive ketones (excluding diaryl/α,β-unsaturated/α-hetero) is 1. The van der Waals surface area contributed by atoms with E-state index in [0.717, 1.165) is 0 Å². The number of hydrogen-bond donors (Lipinski definition) is 0. The highest BCUT2D eigenvalue weighted by Crippen LogP contribution is 2.22. The zero-order chi connectivity index (χ0) is 16.9. The Bertz CT molecular complexity index is 857. The van der Waals surface area contributed by atoms with Gasteiger partial charge in [-0.1, -0.05) is 5.16 Å². The molecule has 0 aliphatic carbocycles. The molecule has 24 heavy (non-hydrogen) atoms. The molecular formula is C17H13N3O4. The van der Waals surface area contributed by atoms with Crippen LogP contribution >= 0.6 is 0 Å². The fourth-order valence-electron chi connectivity index (χ4n) is 2.23. The van der Waals surface area contributed by atoms with Crippen molar-refractivity contribution in [3.63, 3.8) is 0 Å². The molecule has 3 rings (SSSR count). The molecule has 1 aromatic carbocycles. The molecule has 0 bridgehead atoms. The lowest BCUT2D eigenvalue weighted by Crippen LogP contribution is -2.00. The van der Waals surface area contributed by atoms with Crippen LogP contribution in [0.5, 0.6) is 0 Å². The summed E-state index contributed by atoms with van der Waals surface area (Å²) in [7, 11) is 0. The Hall–Kier alpha value is -3.35. The van der Waals surface area contributed by atoms with E-state index in [9.17, 15) is 14.9 Å². The van der Waals surface area contributed by atoms with Crippen molar-refractivity contribution < 1.29 is 14.2 Å². The van der Waals surface area contributed by atoms with E-state index in [1.165, 1.54) is 18.3 Å². The standard InChI is InChI=1S/C17H13N3O4/c21-17(13-2-1-9-18-11-13)8-7-15-10-16(19-24-15)12-3-5-14(6-4-12)20(22)23/h1-6,9-11H,7-8H2. The Morgan fingerprint density at radius 2 is 2.00 bits per heavy atom. The molecule has 0 saturated heterocycles. The van der Waals surface area contributed by atoms with Crippen LogP contribution in [0.25, 0.3) is 11.3 Å². The van der Waals surface area contributed by atoms with Gasteiger partial charge in [-0.15, -0.1) is 0 Å². The largest absolute Gasteiger partial charge is 0.361 e. The van der Waals surface area contributed by atoms with E-state index in [4.69, 9.17) is 4.52 Å². The van der Waals surface area contributed by atoms with Crippen LogP contribution in [-0.4, -0.2) is 20.8 Å². The van der Waals surface area contributed by atoms with E-state index < -0.39 is 4.92 Å². The number of benzene rings is 1. The molecule has 0 atom stereocenters. The topological polar surface area (TPSA) is 99.1 Å². The number of nitro groups is 1. The summed E-state index contributed by atoms with van der Waals surface area (Å²) in [5, 5.41) is 14.6. The molecule has 2 heterocycles. The maximum absolute atomic E-state index is 12.0. The number of aromatic nitrogens is 2. The lowest BCUT2D eigenvalue weighted by molar-refractivity contribution is -0.384. The molecule has 0 N–H and O–H groups in total. The third kappa shape index (κ3) is 3.52. The highest BCUT2D eigenvalue weighted by molar-refractivity contribution is 5.95. The smallest absolute Gasteiger partial charge is 0.269 e. The van der Waals surface area contributed by atoms with Crippen LogP contribution in [0.1, 0.15) is 22.5 Å². The number of pyridine rings is 1. The molecule has 0 aliphatic heterocycles. The minimum absolute atomic E-state index is 0.0172. The Balaban J connectivity index is 1.65. The predicted molar refractivity (Wildman–Crippen MR) is 85.5 cm³/mol. The number of aryl methyl sites for hydroxylation is 1. The van der Waals surface area contributed by atoms with Crippen LogP contribution in [0.2, 0.25) is 0 Å². The maximum Gasteiger partial charge on any atom is 0.269 e. The van der Waals surface area contributed by atoms with Gasteiger partial charge >= 0.3 is 0 Å². The highest BCUT2D eigenvalue weighted by atomic mass is 16.6. The van der Waals surface area contributed by atoms with Crippen molar-refractivity contribution >= 4 is 11.5 Å². The number of ketones is 1. The van der Waals surface area contributed by atoms with Gasteiger partial charge in [0.15, 0.2) is 5.78 Å². The number of rotatable bonds is 6. The molecule has 7 heteroatoms. The molecular weight excluding hydrogens is 310 g/mol. The SMILES string of the molecule is O=C(CCc1cc(-c2ccc([N+](=O)[O-])cc2)no1)c1cccnc1. The number of carbonyl (C=O) groups excluding carboxylic acids is 1. The molecule has 0 aliphatic rings. The lowest BCUT2D eigenvalue weighted by Gasteiger charge is -1.97. The van der Waals surface area contributed by atoms with E-state index in [1.54, 1.807) is 36.5 Å². The third-order valence-electron chi connectivity index (χ3n) is 3.51. The van der Waals surface area contributed by atoms with Crippen molar-refractivity contribution in [2.45, 2.75) is 12.8 Å². The summed E-state index contributed by atoms with van der Waals surface area (Å²) < 4.78 is 5.23. The fourth-order valence-corrected chi connectivity index (χ4v) is 2.23. The second-order valence-electron chi connectivity index (χ2n) is 5.15. The first kappa shape index (κ1) is 15.5. The van der Waals surface area contributed by atoms with Crippen molar-refractivity contribution in [2.75, 3.05) is 0 Å². The van der Waals surface area contributed by atoms with Crippen LogP contribution < -0.4 is 0 Å². The van der Waals surface area contributed by atoms with Gasteiger partial charge in [0.2, 0.25) is 0 Å². The van der Waals surface area contributed by atoms with Crippen molar-refractivity contribution in [1.82, 2.24) is 10.1 Å². The normalized spacial score (nSPS) is 10.5. The molecule has 0 fully saturated rings. The van der Waals surface area contributed by atoms with Crippen LogP contribution in [0.4, 0.5) is 5.69 Å². The van der Waals surface area contributed by atoms with Gasteiger partial charge in [-0.25, -0.2) is 0 Å². The lowest BCUT2D eigenvalue weighted by atomic mass is 10.1. The van der Waals surface area contributed by atoms with Gasteiger partial charge in [0.05, 0.1) is 4.92 Å². The highest BCUT2D eigenvalue weighted by Gasteiger charge is 2.12. The summed E-state index contributed by atoms with van der Waals surface area (Å²) in [6, 6.07) is 11.2. The van der Waals surface area contributed by atoms with Crippen LogP contribution in [0, 0.1) is 10.1 Å². The van der Waals surface area contributed by atoms with E-state index in [0.29, 0.717) is 35.4 Å². The van der Waals surface area contributed by atoms with Gasteiger partial charge in [-0.05, 0) is 24.3 Å². The molecule has 0 unspecified atom stereocenters. The molecule has 0 saturated carbocycles. The number of nitro benzene ring substituents is 1. The van der Waals surface area contributed by atoms with Gasteiger partial charge < -0.3 is 4.52 Å². The second kappa shape index (κ2) is 6.82. The van der Waals surface area contributed by atoms with Crippen molar-refractivity contribution in [3.05, 3.63) is 76.3 Å².